The summed E-state index contributed by atoms with van der Waals surface area (Å²) in [5.74, 6) is 1.85. The summed E-state index contributed by atoms with van der Waals surface area (Å²) in [6, 6.07) is 13.6. The fourth-order valence-electron chi connectivity index (χ4n) is 2.78. The smallest absolute Gasteiger partial charge is 0.226 e. The molecule has 2 aromatic heterocycles. The van der Waals surface area contributed by atoms with Crippen LogP contribution in [0, 0.1) is 0 Å². The highest BCUT2D eigenvalue weighted by atomic mass is 16.5. The number of carbonyl (C=O) groups is 1. The number of aryl methyl sites for hydroxylation is 2. The molecule has 3 aromatic rings. The van der Waals surface area contributed by atoms with Crippen LogP contribution in [0.3, 0.4) is 0 Å². The van der Waals surface area contributed by atoms with E-state index in [9.17, 15) is 4.79 Å². The number of rotatable bonds is 11. The van der Waals surface area contributed by atoms with Gasteiger partial charge in [0.1, 0.15) is 6.61 Å². The van der Waals surface area contributed by atoms with Crippen molar-refractivity contribution in [2.45, 2.75) is 52.2 Å². The number of hydrogen-bond donors (Lipinski definition) is 1. The van der Waals surface area contributed by atoms with Gasteiger partial charge in [-0.25, -0.2) is 4.98 Å². The zero-order valence-corrected chi connectivity index (χ0v) is 16.6. The molecule has 1 amide bonds. The minimum atomic E-state index is -0.0122. The maximum Gasteiger partial charge on any atom is 0.226 e. The number of hydrogen-bond acceptors (Lipinski definition) is 6. The number of aromatic nitrogens is 3. The van der Waals surface area contributed by atoms with Gasteiger partial charge in [0.05, 0.1) is 0 Å². The normalized spacial score (nSPS) is 10.7. The third-order valence-electron chi connectivity index (χ3n) is 4.30. The van der Waals surface area contributed by atoms with E-state index < -0.39 is 0 Å². The lowest BCUT2D eigenvalue weighted by atomic mass is 10.2. The zero-order valence-electron chi connectivity index (χ0n) is 16.6. The Labute approximate surface area is 170 Å². The molecule has 0 saturated carbocycles. The molecule has 0 saturated heterocycles. The molecule has 7 heteroatoms. The molecule has 3 rings (SSSR count). The van der Waals surface area contributed by atoms with Crippen LogP contribution in [-0.4, -0.2) is 21.0 Å². The summed E-state index contributed by atoms with van der Waals surface area (Å²) in [5.41, 5.74) is 2.02. The molecule has 0 radical (unpaired) electrons. The van der Waals surface area contributed by atoms with E-state index in [2.05, 4.69) is 27.4 Å². The Balaban J connectivity index is 1.38. The van der Waals surface area contributed by atoms with E-state index in [1.807, 2.05) is 42.5 Å². The summed E-state index contributed by atoms with van der Waals surface area (Å²) in [5, 5.41) is 6.84. The number of nitrogens with one attached hydrogen (secondary N) is 1. The van der Waals surface area contributed by atoms with Gasteiger partial charge in [-0.3, -0.25) is 4.79 Å². The van der Waals surface area contributed by atoms with Gasteiger partial charge in [-0.05, 0) is 30.0 Å². The van der Waals surface area contributed by atoms with Gasteiger partial charge >= 0.3 is 0 Å². The minimum Gasteiger partial charge on any atom is -0.473 e. The molecule has 7 nitrogen and oxygen atoms in total. The van der Waals surface area contributed by atoms with Crippen molar-refractivity contribution in [1.29, 1.82) is 0 Å². The molecule has 0 bridgehead atoms. The Morgan fingerprint density at radius 2 is 2.00 bits per heavy atom. The fourth-order valence-corrected chi connectivity index (χ4v) is 2.78. The highest BCUT2D eigenvalue weighted by Crippen LogP contribution is 2.12. The SMILES string of the molecule is CCCc1noc(CCCC(=O)NCc2ccnc(OCc3ccccc3)c2)n1. The Bertz CT molecular complexity index is 896. The van der Waals surface area contributed by atoms with Crippen molar-refractivity contribution in [3.8, 4) is 5.88 Å². The average molecular weight is 394 g/mol. The molecule has 0 aliphatic rings. The van der Waals surface area contributed by atoms with E-state index in [4.69, 9.17) is 9.26 Å². The van der Waals surface area contributed by atoms with Crippen LogP contribution in [0.25, 0.3) is 0 Å². The van der Waals surface area contributed by atoms with E-state index in [-0.39, 0.29) is 5.91 Å². The largest absolute Gasteiger partial charge is 0.473 e. The molecule has 0 spiro atoms. The van der Waals surface area contributed by atoms with Crippen molar-refractivity contribution in [2.24, 2.45) is 0 Å². The Morgan fingerprint density at radius 3 is 2.83 bits per heavy atom. The van der Waals surface area contributed by atoms with Gasteiger partial charge in [0.15, 0.2) is 5.82 Å². The van der Waals surface area contributed by atoms with Gasteiger partial charge in [0, 0.05) is 38.1 Å². The van der Waals surface area contributed by atoms with Gasteiger partial charge in [0.2, 0.25) is 17.7 Å². The number of pyridine rings is 1. The first kappa shape index (κ1) is 20.5. The summed E-state index contributed by atoms with van der Waals surface area (Å²) >= 11 is 0. The second-order valence-electron chi connectivity index (χ2n) is 6.76. The van der Waals surface area contributed by atoms with Crippen molar-refractivity contribution in [3.05, 3.63) is 71.5 Å². The van der Waals surface area contributed by atoms with E-state index in [1.165, 1.54) is 0 Å². The first-order chi connectivity index (χ1) is 14.2. The fraction of sp³-hybridized carbons (Fsp3) is 0.364. The third-order valence-corrected chi connectivity index (χ3v) is 4.30. The lowest BCUT2D eigenvalue weighted by Gasteiger charge is -2.08. The molecule has 1 aromatic carbocycles. The Kier molecular flexibility index (Phi) is 7.74. The lowest BCUT2D eigenvalue weighted by Crippen LogP contribution is -2.22. The number of nitrogens with zero attached hydrogens (tertiary/aromatic N) is 3. The molecule has 152 valence electrons. The van der Waals surface area contributed by atoms with Crippen LogP contribution in [0.15, 0.2) is 53.2 Å². The molecular formula is C22H26N4O3. The van der Waals surface area contributed by atoms with E-state index in [0.717, 1.165) is 29.8 Å². The van der Waals surface area contributed by atoms with Gasteiger partial charge in [-0.2, -0.15) is 4.98 Å². The van der Waals surface area contributed by atoms with Crippen LogP contribution in [-0.2, 0) is 30.8 Å². The molecule has 0 aliphatic carbocycles. The first-order valence-electron chi connectivity index (χ1n) is 9.92. The van der Waals surface area contributed by atoms with Crippen LogP contribution < -0.4 is 10.1 Å². The summed E-state index contributed by atoms with van der Waals surface area (Å²) in [6.45, 7) is 2.96. The average Bonchev–Trinajstić information content (AvgIpc) is 3.19. The highest BCUT2D eigenvalue weighted by molar-refractivity contribution is 5.75. The number of amides is 1. The predicted octanol–water partition coefficient (Wildman–Crippen LogP) is 3.64. The quantitative estimate of drug-likeness (QED) is 0.534. The van der Waals surface area contributed by atoms with Crippen LogP contribution in [0.5, 0.6) is 5.88 Å². The second kappa shape index (κ2) is 10.9. The van der Waals surface area contributed by atoms with Crippen LogP contribution in [0.4, 0.5) is 0 Å². The Morgan fingerprint density at radius 1 is 1.14 bits per heavy atom. The van der Waals surface area contributed by atoms with Gasteiger partial charge in [0.25, 0.3) is 0 Å². The second-order valence-corrected chi connectivity index (χ2v) is 6.76. The first-order valence-corrected chi connectivity index (χ1v) is 9.92. The summed E-state index contributed by atoms with van der Waals surface area (Å²) < 4.78 is 10.9. The molecule has 2 heterocycles. The standard InChI is InChI=1S/C22H26N4O3/c1-2-7-19-25-21(29-26-19)11-6-10-20(27)24-15-18-12-13-23-22(14-18)28-16-17-8-4-3-5-9-17/h3-5,8-9,12-14H,2,6-7,10-11,15-16H2,1H3,(H,24,27). The van der Waals surface area contributed by atoms with Gasteiger partial charge in [-0.1, -0.05) is 42.4 Å². The van der Waals surface area contributed by atoms with Crippen LogP contribution in [0.1, 0.15) is 49.0 Å². The van der Waals surface area contributed by atoms with Crippen molar-refractivity contribution in [3.63, 3.8) is 0 Å². The maximum absolute atomic E-state index is 12.1. The van der Waals surface area contributed by atoms with E-state index in [0.29, 0.717) is 44.2 Å². The maximum atomic E-state index is 12.1. The van der Waals surface area contributed by atoms with Crippen molar-refractivity contribution >= 4 is 5.91 Å². The van der Waals surface area contributed by atoms with Crippen molar-refractivity contribution in [1.82, 2.24) is 20.4 Å². The van der Waals surface area contributed by atoms with Gasteiger partial charge < -0.3 is 14.6 Å². The van der Waals surface area contributed by atoms with Crippen molar-refractivity contribution in [2.75, 3.05) is 0 Å². The van der Waals surface area contributed by atoms with Crippen LogP contribution >= 0.6 is 0 Å². The molecule has 1 N–H and O–H groups in total. The molecule has 0 aliphatic heterocycles. The predicted molar refractivity (Wildman–Crippen MR) is 108 cm³/mol. The third kappa shape index (κ3) is 7.03. The monoisotopic (exact) mass is 394 g/mol. The molecule has 0 atom stereocenters. The Hall–Kier alpha value is -3.22. The van der Waals surface area contributed by atoms with Crippen molar-refractivity contribution < 1.29 is 14.1 Å². The van der Waals surface area contributed by atoms with E-state index >= 15 is 0 Å². The molecule has 0 fully saturated rings. The summed E-state index contributed by atoms with van der Waals surface area (Å²) in [4.78, 5) is 20.6. The highest BCUT2D eigenvalue weighted by Gasteiger charge is 2.08. The van der Waals surface area contributed by atoms with E-state index in [1.54, 1.807) is 6.20 Å². The molecular weight excluding hydrogens is 368 g/mol. The summed E-state index contributed by atoms with van der Waals surface area (Å²) in [7, 11) is 0. The lowest BCUT2D eigenvalue weighted by molar-refractivity contribution is -0.121. The molecule has 0 unspecified atom stereocenters. The van der Waals surface area contributed by atoms with Crippen LogP contribution in [0.2, 0.25) is 0 Å². The number of carbonyl (C=O) groups excluding carboxylic acids is 1. The zero-order chi connectivity index (χ0) is 20.3. The topological polar surface area (TPSA) is 90.1 Å². The van der Waals surface area contributed by atoms with Gasteiger partial charge in [-0.15, -0.1) is 0 Å². The minimum absolute atomic E-state index is 0.0122. The summed E-state index contributed by atoms with van der Waals surface area (Å²) in [6.07, 6.45) is 5.17. The molecule has 29 heavy (non-hydrogen) atoms. The number of benzene rings is 1. The number of ether oxygens (including phenoxy) is 1.